The number of rotatable bonds is 2. The zero-order chi connectivity index (χ0) is 11.7. The second-order valence-electron chi connectivity index (χ2n) is 4.59. The second kappa shape index (κ2) is 4.65. The Balaban J connectivity index is 1.96. The highest BCUT2D eigenvalue weighted by Crippen LogP contribution is 2.18. The Morgan fingerprint density at radius 1 is 1.31 bits per heavy atom. The van der Waals surface area contributed by atoms with E-state index in [0.29, 0.717) is 17.2 Å². The average Bonchev–Trinajstić information content (AvgIpc) is 2.60. The molecule has 5 nitrogen and oxygen atoms in total. The molecule has 0 amide bonds. The summed E-state index contributed by atoms with van der Waals surface area (Å²) in [5.74, 6) is 0. The molecule has 2 atom stereocenters. The van der Waals surface area contributed by atoms with Crippen molar-refractivity contribution in [1.82, 2.24) is 20.0 Å². The van der Waals surface area contributed by atoms with Crippen LogP contribution in [0.2, 0.25) is 0 Å². The van der Waals surface area contributed by atoms with Gasteiger partial charge in [0, 0.05) is 25.2 Å². The van der Waals surface area contributed by atoms with Crippen molar-refractivity contribution < 1.29 is 0 Å². The summed E-state index contributed by atoms with van der Waals surface area (Å²) < 4.78 is 0. The maximum atomic E-state index is 5.58. The van der Waals surface area contributed by atoms with Crippen molar-refractivity contribution in [2.45, 2.75) is 32.5 Å². The molecule has 1 aromatic heterocycles. The van der Waals surface area contributed by atoms with Gasteiger partial charge >= 0.3 is 0 Å². The average molecular weight is 241 g/mol. The van der Waals surface area contributed by atoms with E-state index in [1.807, 2.05) is 0 Å². The molecule has 0 aromatic carbocycles. The van der Waals surface area contributed by atoms with Gasteiger partial charge in [-0.25, -0.2) is 0 Å². The number of nitrogens with zero attached hydrogens (tertiary/aromatic N) is 4. The van der Waals surface area contributed by atoms with Crippen molar-refractivity contribution in [2.24, 2.45) is 0 Å². The quantitative estimate of drug-likeness (QED) is 0.823. The zero-order valence-electron chi connectivity index (χ0n) is 10.1. The predicted molar refractivity (Wildman–Crippen MR) is 66.3 cm³/mol. The Kier molecular flexibility index (Phi) is 3.41. The Labute approximate surface area is 100 Å². The van der Waals surface area contributed by atoms with Gasteiger partial charge in [0.25, 0.3) is 0 Å². The SMILES string of the molecule is CC1CN(Cc2nnc(N)s2)CC(C)N1C. The van der Waals surface area contributed by atoms with Crippen LogP contribution in [0.15, 0.2) is 0 Å². The lowest BCUT2D eigenvalue weighted by Gasteiger charge is -2.42. The van der Waals surface area contributed by atoms with Crippen LogP contribution in [0.25, 0.3) is 0 Å². The number of hydrogen-bond donors (Lipinski definition) is 1. The molecule has 0 bridgehead atoms. The van der Waals surface area contributed by atoms with Gasteiger partial charge in [0.1, 0.15) is 5.01 Å². The van der Waals surface area contributed by atoms with Gasteiger partial charge < -0.3 is 5.73 Å². The summed E-state index contributed by atoms with van der Waals surface area (Å²) in [5.41, 5.74) is 5.58. The molecule has 1 saturated heterocycles. The third kappa shape index (κ3) is 2.50. The fraction of sp³-hybridized carbons (Fsp3) is 0.800. The van der Waals surface area contributed by atoms with Gasteiger partial charge in [0.15, 0.2) is 0 Å². The van der Waals surface area contributed by atoms with Gasteiger partial charge in [-0.3, -0.25) is 9.80 Å². The monoisotopic (exact) mass is 241 g/mol. The maximum absolute atomic E-state index is 5.58. The molecule has 6 heteroatoms. The summed E-state index contributed by atoms with van der Waals surface area (Å²) in [6, 6.07) is 1.18. The van der Waals surface area contributed by atoms with Crippen LogP contribution in [-0.2, 0) is 6.54 Å². The van der Waals surface area contributed by atoms with E-state index in [2.05, 4.69) is 40.9 Å². The van der Waals surface area contributed by atoms with Gasteiger partial charge in [-0.05, 0) is 20.9 Å². The molecule has 2 rings (SSSR count). The van der Waals surface area contributed by atoms with Gasteiger partial charge in [-0.1, -0.05) is 11.3 Å². The molecular weight excluding hydrogens is 222 g/mol. The van der Waals surface area contributed by atoms with E-state index in [9.17, 15) is 0 Å². The molecule has 90 valence electrons. The Bertz CT molecular complexity index is 341. The minimum absolute atomic E-state index is 0.560. The van der Waals surface area contributed by atoms with Gasteiger partial charge in [0.05, 0.1) is 6.54 Å². The van der Waals surface area contributed by atoms with Crippen LogP contribution in [0.5, 0.6) is 0 Å². The van der Waals surface area contributed by atoms with Crippen molar-refractivity contribution >= 4 is 16.5 Å². The van der Waals surface area contributed by atoms with E-state index in [1.165, 1.54) is 11.3 Å². The molecule has 1 aromatic rings. The van der Waals surface area contributed by atoms with E-state index in [4.69, 9.17) is 5.73 Å². The van der Waals surface area contributed by atoms with Crippen molar-refractivity contribution in [3.05, 3.63) is 5.01 Å². The molecule has 0 radical (unpaired) electrons. The standard InChI is InChI=1S/C10H19N5S/c1-7-4-15(5-8(2)14(7)3)6-9-12-13-10(11)16-9/h7-8H,4-6H2,1-3H3,(H2,11,13). The molecule has 1 fully saturated rings. The summed E-state index contributed by atoms with van der Waals surface area (Å²) in [5, 5.41) is 9.49. The minimum Gasteiger partial charge on any atom is -0.374 e. The molecule has 0 aliphatic carbocycles. The highest BCUT2D eigenvalue weighted by atomic mass is 32.1. The summed E-state index contributed by atoms with van der Waals surface area (Å²) in [6.07, 6.45) is 0. The molecular formula is C10H19N5S. The first kappa shape index (κ1) is 11.8. The topological polar surface area (TPSA) is 58.3 Å². The number of aromatic nitrogens is 2. The number of nitrogen functional groups attached to an aromatic ring is 1. The lowest BCUT2D eigenvalue weighted by molar-refractivity contribution is 0.0555. The minimum atomic E-state index is 0.560. The summed E-state index contributed by atoms with van der Waals surface area (Å²) >= 11 is 1.48. The van der Waals surface area contributed by atoms with Crippen molar-refractivity contribution in [3.63, 3.8) is 0 Å². The van der Waals surface area contributed by atoms with Gasteiger partial charge in [-0.15, -0.1) is 10.2 Å². The molecule has 2 heterocycles. The molecule has 1 aliphatic heterocycles. The van der Waals surface area contributed by atoms with E-state index in [1.54, 1.807) is 0 Å². The van der Waals surface area contributed by atoms with Crippen molar-refractivity contribution in [1.29, 1.82) is 0 Å². The van der Waals surface area contributed by atoms with Crippen molar-refractivity contribution in [2.75, 3.05) is 25.9 Å². The van der Waals surface area contributed by atoms with Crippen LogP contribution < -0.4 is 5.73 Å². The number of nitrogens with two attached hydrogens (primary N) is 1. The first-order valence-electron chi connectivity index (χ1n) is 5.58. The van der Waals surface area contributed by atoms with Crippen LogP contribution in [0.4, 0.5) is 5.13 Å². The van der Waals surface area contributed by atoms with Crippen LogP contribution in [-0.4, -0.2) is 52.2 Å². The van der Waals surface area contributed by atoms with E-state index >= 15 is 0 Å². The number of hydrogen-bond acceptors (Lipinski definition) is 6. The van der Waals surface area contributed by atoms with E-state index in [-0.39, 0.29) is 0 Å². The first-order valence-corrected chi connectivity index (χ1v) is 6.40. The van der Waals surface area contributed by atoms with Gasteiger partial charge in [-0.2, -0.15) is 0 Å². The third-order valence-corrected chi connectivity index (χ3v) is 4.01. The van der Waals surface area contributed by atoms with E-state index < -0.39 is 0 Å². The molecule has 2 unspecified atom stereocenters. The van der Waals surface area contributed by atoms with Crippen LogP contribution in [0.3, 0.4) is 0 Å². The lowest BCUT2D eigenvalue weighted by Crippen LogP contribution is -2.54. The molecule has 16 heavy (non-hydrogen) atoms. The zero-order valence-corrected chi connectivity index (χ0v) is 10.9. The fourth-order valence-corrected chi connectivity index (χ4v) is 2.82. The maximum Gasteiger partial charge on any atom is 0.203 e. The highest BCUT2D eigenvalue weighted by Gasteiger charge is 2.26. The largest absolute Gasteiger partial charge is 0.374 e. The van der Waals surface area contributed by atoms with Gasteiger partial charge in [0.2, 0.25) is 5.13 Å². The summed E-state index contributed by atoms with van der Waals surface area (Å²) in [6.45, 7) is 7.56. The normalized spacial score (nSPS) is 28.4. The Hall–Kier alpha value is -0.720. The Morgan fingerprint density at radius 2 is 1.94 bits per heavy atom. The third-order valence-electron chi connectivity index (χ3n) is 3.28. The first-order chi connectivity index (χ1) is 7.56. The summed E-state index contributed by atoms with van der Waals surface area (Å²) in [7, 11) is 2.19. The smallest absolute Gasteiger partial charge is 0.203 e. The molecule has 2 N–H and O–H groups in total. The number of anilines is 1. The van der Waals surface area contributed by atoms with Crippen LogP contribution >= 0.6 is 11.3 Å². The number of piperazine rings is 1. The molecule has 0 saturated carbocycles. The van der Waals surface area contributed by atoms with Crippen molar-refractivity contribution in [3.8, 4) is 0 Å². The summed E-state index contributed by atoms with van der Waals surface area (Å²) in [4.78, 5) is 4.85. The number of likely N-dealkylation sites (N-methyl/N-ethyl adjacent to an activating group) is 1. The van der Waals surface area contributed by atoms with Crippen LogP contribution in [0.1, 0.15) is 18.9 Å². The second-order valence-corrected chi connectivity index (χ2v) is 5.69. The predicted octanol–water partition coefficient (Wildman–Crippen LogP) is 0.645. The Morgan fingerprint density at radius 3 is 2.44 bits per heavy atom. The van der Waals surface area contributed by atoms with E-state index in [0.717, 1.165) is 24.6 Å². The highest BCUT2D eigenvalue weighted by molar-refractivity contribution is 7.15. The lowest BCUT2D eigenvalue weighted by atomic mass is 10.1. The fourth-order valence-electron chi connectivity index (χ4n) is 2.16. The molecule has 1 aliphatic rings. The van der Waals surface area contributed by atoms with Crippen LogP contribution in [0, 0.1) is 0 Å². The molecule has 0 spiro atoms.